The van der Waals surface area contributed by atoms with Gasteiger partial charge in [-0.3, -0.25) is 4.79 Å². The Balaban J connectivity index is 1.45. The molecule has 2 aliphatic rings. The molecule has 1 aliphatic heterocycles. The van der Waals surface area contributed by atoms with E-state index in [0.717, 1.165) is 59.6 Å². The molecule has 5 heteroatoms. The van der Waals surface area contributed by atoms with Gasteiger partial charge >= 0.3 is 0 Å². The molecule has 2 heterocycles. The third-order valence-corrected chi connectivity index (χ3v) is 6.74. The van der Waals surface area contributed by atoms with Gasteiger partial charge in [0.2, 0.25) is 0 Å². The fourth-order valence-corrected chi connectivity index (χ4v) is 5.01. The van der Waals surface area contributed by atoms with Crippen LogP contribution in [0.1, 0.15) is 55.3 Å². The number of rotatable bonds is 6. The van der Waals surface area contributed by atoms with Crippen LogP contribution in [0.25, 0.3) is 10.9 Å². The monoisotopic (exact) mass is 432 g/mol. The molecule has 0 atom stereocenters. The molecule has 1 N–H and O–H groups in total. The Morgan fingerprint density at radius 1 is 1.15 bits per heavy atom. The lowest BCUT2D eigenvalue weighted by Crippen LogP contribution is -2.31. The van der Waals surface area contributed by atoms with Gasteiger partial charge in [-0.2, -0.15) is 0 Å². The number of halogens is 1. The van der Waals surface area contributed by atoms with Gasteiger partial charge in [0.25, 0.3) is 5.91 Å². The summed E-state index contributed by atoms with van der Waals surface area (Å²) in [5.41, 5.74) is 1.89. The summed E-state index contributed by atoms with van der Waals surface area (Å²) in [7, 11) is 0. The van der Waals surface area contributed by atoms with Gasteiger partial charge in [-0.1, -0.05) is 60.5 Å². The molecule has 0 unspecified atom stereocenters. The van der Waals surface area contributed by atoms with Crippen molar-refractivity contribution in [3.63, 3.8) is 0 Å². The zero-order valence-corrected chi connectivity index (χ0v) is 17.5. The fraction of sp³-hybridized carbons (Fsp3) is 0.591. The van der Waals surface area contributed by atoms with Crippen LogP contribution in [0.2, 0.25) is 0 Å². The van der Waals surface area contributed by atoms with Gasteiger partial charge in [0.15, 0.2) is 0 Å². The molecule has 27 heavy (non-hydrogen) atoms. The van der Waals surface area contributed by atoms with E-state index >= 15 is 0 Å². The SMILES string of the molecule is O=C(NCCC1CCCCCC1)c1cn(CC2COC2)c2cccc(Br)c12. The largest absolute Gasteiger partial charge is 0.381 e. The smallest absolute Gasteiger partial charge is 0.253 e. The number of hydrogen-bond donors (Lipinski definition) is 1. The summed E-state index contributed by atoms with van der Waals surface area (Å²) >= 11 is 3.65. The molecule has 1 saturated carbocycles. The number of aromatic nitrogens is 1. The summed E-state index contributed by atoms with van der Waals surface area (Å²) in [5, 5.41) is 4.20. The number of nitrogens with zero attached hydrogens (tertiary/aromatic N) is 1. The van der Waals surface area contributed by atoms with Crippen LogP contribution in [0.5, 0.6) is 0 Å². The zero-order valence-electron chi connectivity index (χ0n) is 15.9. The summed E-state index contributed by atoms with van der Waals surface area (Å²) in [6.07, 6.45) is 11.2. The molecule has 1 saturated heterocycles. The Hall–Kier alpha value is -1.33. The zero-order chi connectivity index (χ0) is 18.6. The van der Waals surface area contributed by atoms with Gasteiger partial charge in [-0.05, 0) is 24.5 Å². The van der Waals surface area contributed by atoms with Crippen molar-refractivity contribution in [1.29, 1.82) is 0 Å². The lowest BCUT2D eigenvalue weighted by Gasteiger charge is -2.26. The van der Waals surface area contributed by atoms with Crippen molar-refractivity contribution >= 4 is 32.7 Å². The molecule has 146 valence electrons. The Kier molecular flexibility index (Phi) is 6.18. The first-order valence-electron chi connectivity index (χ1n) is 10.4. The maximum Gasteiger partial charge on any atom is 0.253 e. The van der Waals surface area contributed by atoms with E-state index in [1.807, 2.05) is 18.3 Å². The van der Waals surface area contributed by atoms with E-state index in [1.54, 1.807) is 0 Å². The van der Waals surface area contributed by atoms with E-state index < -0.39 is 0 Å². The average molecular weight is 433 g/mol. The molecular weight excluding hydrogens is 404 g/mol. The highest BCUT2D eigenvalue weighted by molar-refractivity contribution is 9.10. The van der Waals surface area contributed by atoms with Gasteiger partial charge in [0.05, 0.1) is 18.8 Å². The second kappa shape index (κ2) is 8.78. The van der Waals surface area contributed by atoms with E-state index in [1.165, 1.54) is 38.5 Å². The predicted molar refractivity (Wildman–Crippen MR) is 112 cm³/mol. The minimum atomic E-state index is 0.0455. The Bertz CT molecular complexity index is 789. The molecule has 1 aliphatic carbocycles. The fourth-order valence-electron chi connectivity index (χ4n) is 4.44. The Morgan fingerprint density at radius 2 is 1.93 bits per heavy atom. The van der Waals surface area contributed by atoms with Crippen LogP contribution in [-0.2, 0) is 11.3 Å². The van der Waals surface area contributed by atoms with Gasteiger partial charge in [0.1, 0.15) is 0 Å². The van der Waals surface area contributed by atoms with E-state index in [-0.39, 0.29) is 5.91 Å². The molecule has 0 spiro atoms. The molecule has 4 rings (SSSR count). The maximum atomic E-state index is 12.9. The van der Waals surface area contributed by atoms with Crippen LogP contribution in [0.4, 0.5) is 0 Å². The first-order valence-corrected chi connectivity index (χ1v) is 11.1. The van der Waals surface area contributed by atoms with E-state index in [2.05, 4.69) is 31.9 Å². The summed E-state index contributed by atoms with van der Waals surface area (Å²) in [6.45, 7) is 3.31. The first-order chi connectivity index (χ1) is 13.2. The second-order valence-electron chi connectivity index (χ2n) is 8.13. The van der Waals surface area contributed by atoms with Gasteiger partial charge in [0, 0.05) is 40.6 Å². The van der Waals surface area contributed by atoms with Crippen molar-refractivity contribution in [2.24, 2.45) is 11.8 Å². The highest BCUT2D eigenvalue weighted by Gasteiger charge is 2.23. The third-order valence-electron chi connectivity index (χ3n) is 6.07. The van der Waals surface area contributed by atoms with Crippen LogP contribution < -0.4 is 5.32 Å². The molecule has 2 aromatic rings. The van der Waals surface area contributed by atoms with Crippen LogP contribution in [0.15, 0.2) is 28.9 Å². The van der Waals surface area contributed by atoms with Gasteiger partial charge in [-0.25, -0.2) is 0 Å². The van der Waals surface area contributed by atoms with E-state index in [4.69, 9.17) is 4.74 Å². The molecule has 1 aromatic carbocycles. The topological polar surface area (TPSA) is 43.3 Å². The summed E-state index contributed by atoms with van der Waals surface area (Å²) in [6, 6.07) is 6.15. The minimum absolute atomic E-state index is 0.0455. The molecule has 0 radical (unpaired) electrons. The Morgan fingerprint density at radius 3 is 2.63 bits per heavy atom. The van der Waals surface area contributed by atoms with Crippen molar-refractivity contribution in [3.05, 3.63) is 34.4 Å². The minimum Gasteiger partial charge on any atom is -0.381 e. The third kappa shape index (κ3) is 4.40. The van der Waals surface area contributed by atoms with E-state index in [0.29, 0.717) is 5.92 Å². The van der Waals surface area contributed by atoms with Crippen molar-refractivity contribution in [2.75, 3.05) is 19.8 Å². The van der Waals surface area contributed by atoms with Crippen molar-refractivity contribution in [3.8, 4) is 0 Å². The maximum absolute atomic E-state index is 12.9. The molecule has 4 nitrogen and oxygen atoms in total. The number of hydrogen-bond acceptors (Lipinski definition) is 2. The normalized spacial score (nSPS) is 19.0. The molecule has 2 fully saturated rings. The number of carbonyl (C=O) groups is 1. The van der Waals surface area contributed by atoms with Gasteiger partial charge < -0.3 is 14.6 Å². The number of benzene rings is 1. The number of ether oxygens (including phenoxy) is 1. The average Bonchev–Trinajstić information content (AvgIpc) is 2.80. The Labute approximate surface area is 169 Å². The quantitative estimate of drug-likeness (QED) is 0.641. The molecule has 1 amide bonds. The predicted octanol–water partition coefficient (Wildman–Crippen LogP) is 5.14. The van der Waals surface area contributed by atoms with Crippen LogP contribution in [0, 0.1) is 11.8 Å². The number of nitrogens with one attached hydrogen (secondary N) is 1. The molecular formula is C22H29BrN2O2. The van der Waals surface area contributed by atoms with E-state index in [9.17, 15) is 4.79 Å². The highest BCUT2D eigenvalue weighted by atomic mass is 79.9. The highest BCUT2D eigenvalue weighted by Crippen LogP contribution is 2.30. The summed E-state index contributed by atoms with van der Waals surface area (Å²) in [5.74, 6) is 1.37. The summed E-state index contributed by atoms with van der Waals surface area (Å²) < 4.78 is 8.51. The van der Waals surface area contributed by atoms with Crippen LogP contribution >= 0.6 is 15.9 Å². The lowest BCUT2D eigenvalue weighted by molar-refractivity contribution is -0.0388. The van der Waals surface area contributed by atoms with Crippen molar-refractivity contribution < 1.29 is 9.53 Å². The number of carbonyl (C=O) groups excluding carboxylic acids is 1. The number of fused-ring (bicyclic) bond motifs is 1. The second-order valence-corrected chi connectivity index (χ2v) is 8.99. The number of amides is 1. The van der Waals surface area contributed by atoms with Gasteiger partial charge in [-0.15, -0.1) is 0 Å². The first kappa shape index (κ1) is 19.0. The standard InChI is InChI=1S/C22H29BrN2O2/c23-19-8-5-9-20-21(19)18(13-25(20)12-17-14-27-15-17)22(26)24-11-10-16-6-3-1-2-4-7-16/h5,8-9,13,16-17H,1-4,6-7,10-12,14-15H2,(H,24,26). The molecule has 0 bridgehead atoms. The lowest BCUT2D eigenvalue weighted by atomic mass is 9.97. The van der Waals surface area contributed by atoms with Crippen LogP contribution in [-0.4, -0.2) is 30.2 Å². The molecule has 1 aromatic heterocycles. The van der Waals surface area contributed by atoms with Crippen molar-refractivity contribution in [1.82, 2.24) is 9.88 Å². The van der Waals surface area contributed by atoms with Crippen molar-refractivity contribution in [2.45, 2.75) is 51.5 Å². The summed E-state index contributed by atoms with van der Waals surface area (Å²) in [4.78, 5) is 12.9. The van der Waals surface area contributed by atoms with Crippen LogP contribution in [0.3, 0.4) is 0 Å².